The van der Waals surface area contributed by atoms with Gasteiger partial charge in [-0.25, -0.2) is 0 Å². The number of carbonyl (C=O) groups excluding carboxylic acids is 1. The van der Waals surface area contributed by atoms with Crippen LogP contribution in [-0.2, 0) is 4.79 Å². The van der Waals surface area contributed by atoms with E-state index in [0.717, 1.165) is 36.0 Å². The van der Waals surface area contributed by atoms with E-state index in [2.05, 4.69) is 22.0 Å². The lowest BCUT2D eigenvalue weighted by Crippen LogP contribution is -2.48. The van der Waals surface area contributed by atoms with E-state index in [1.54, 1.807) is 12.1 Å². The second-order valence-electron chi connectivity index (χ2n) is 4.39. The van der Waals surface area contributed by atoms with Crippen molar-refractivity contribution in [1.82, 2.24) is 0 Å². The highest BCUT2D eigenvalue weighted by Gasteiger charge is 2.28. The first-order chi connectivity index (χ1) is 8.63. The lowest BCUT2D eigenvalue weighted by atomic mass is 10.0. The minimum absolute atomic E-state index is 0.247. The molecule has 1 fully saturated rings. The summed E-state index contributed by atoms with van der Waals surface area (Å²) in [6.07, 6.45) is 2.87. The smallest absolute Gasteiger partial charge is 0.240 e. The van der Waals surface area contributed by atoms with Gasteiger partial charge in [0.15, 0.2) is 0 Å². The SMILES string of the molecule is N#Cc1ccc(N2CCCCC2C(N)=O)c(Br)c1. The Labute approximate surface area is 115 Å². The molecular formula is C13H14BrN3O. The molecule has 94 valence electrons. The number of hydrogen-bond donors (Lipinski definition) is 1. The summed E-state index contributed by atoms with van der Waals surface area (Å²) in [6, 6.07) is 7.23. The van der Waals surface area contributed by atoms with E-state index < -0.39 is 0 Å². The number of nitrogens with zero attached hydrogens (tertiary/aromatic N) is 2. The van der Waals surface area contributed by atoms with Gasteiger partial charge in [-0.2, -0.15) is 5.26 Å². The van der Waals surface area contributed by atoms with E-state index in [-0.39, 0.29) is 11.9 Å². The van der Waals surface area contributed by atoms with Gasteiger partial charge < -0.3 is 10.6 Å². The summed E-state index contributed by atoms with van der Waals surface area (Å²) in [7, 11) is 0. The molecule has 1 amide bonds. The van der Waals surface area contributed by atoms with Gasteiger partial charge in [0.1, 0.15) is 6.04 Å². The Bertz CT molecular complexity index is 509. The van der Waals surface area contributed by atoms with E-state index in [1.807, 2.05) is 11.0 Å². The average Bonchev–Trinajstić information content (AvgIpc) is 2.38. The Hall–Kier alpha value is -1.54. The van der Waals surface area contributed by atoms with Crippen LogP contribution in [-0.4, -0.2) is 18.5 Å². The minimum Gasteiger partial charge on any atom is -0.368 e. The maximum Gasteiger partial charge on any atom is 0.240 e. The molecule has 1 atom stereocenters. The van der Waals surface area contributed by atoms with Crippen LogP contribution in [0.3, 0.4) is 0 Å². The number of anilines is 1. The molecule has 2 rings (SSSR count). The van der Waals surface area contributed by atoms with Crippen molar-refractivity contribution >= 4 is 27.5 Å². The molecule has 1 aromatic carbocycles. The molecule has 1 unspecified atom stereocenters. The van der Waals surface area contributed by atoms with E-state index in [4.69, 9.17) is 11.0 Å². The normalized spacial score (nSPS) is 19.3. The summed E-state index contributed by atoms with van der Waals surface area (Å²) >= 11 is 3.46. The van der Waals surface area contributed by atoms with Crippen molar-refractivity contribution in [3.63, 3.8) is 0 Å². The van der Waals surface area contributed by atoms with Gasteiger partial charge in [0.25, 0.3) is 0 Å². The number of piperidine rings is 1. The van der Waals surface area contributed by atoms with Crippen molar-refractivity contribution in [2.24, 2.45) is 5.73 Å². The van der Waals surface area contributed by atoms with E-state index in [9.17, 15) is 4.79 Å². The second-order valence-corrected chi connectivity index (χ2v) is 5.24. The minimum atomic E-state index is -0.286. The van der Waals surface area contributed by atoms with Gasteiger partial charge in [0.05, 0.1) is 17.3 Å². The molecular weight excluding hydrogens is 294 g/mol. The highest BCUT2D eigenvalue weighted by molar-refractivity contribution is 9.10. The Kier molecular flexibility index (Phi) is 3.87. The summed E-state index contributed by atoms with van der Waals surface area (Å²) < 4.78 is 0.828. The third kappa shape index (κ3) is 2.49. The molecule has 0 aromatic heterocycles. The molecule has 18 heavy (non-hydrogen) atoms. The van der Waals surface area contributed by atoms with Gasteiger partial charge in [-0.15, -0.1) is 0 Å². The Morgan fingerprint density at radius 3 is 2.89 bits per heavy atom. The van der Waals surface area contributed by atoms with Crippen LogP contribution in [0.5, 0.6) is 0 Å². The molecule has 1 aliphatic rings. The van der Waals surface area contributed by atoms with E-state index in [0.29, 0.717) is 5.56 Å². The molecule has 0 saturated carbocycles. The first-order valence-corrected chi connectivity index (χ1v) is 6.68. The number of amides is 1. The van der Waals surface area contributed by atoms with E-state index in [1.165, 1.54) is 0 Å². The summed E-state index contributed by atoms with van der Waals surface area (Å²) in [5, 5.41) is 8.84. The summed E-state index contributed by atoms with van der Waals surface area (Å²) in [5.74, 6) is -0.286. The topological polar surface area (TPSA) is 70.1 Å². The van der Waals surface area contributed by atoms with Gasteiger partial charge >= 0.3 is 0 Å². The molecule has 0 bridgehead atoms. The highest BCUT2D eigenvalue weighted by atomic mass is 79.9. The standard InChI is InChI=1S/C13H14BrN3O/c14-10-7-9(8-15)4-5-11(10)17-6-2-1-3-12(17)13(16)18/h4-5,7,12H,1-3,6H2,(H2,16,18). The molecule has 0 radical (unpaired) electrons. The highest BCUT2D eigenvalue weighted by Crippen LogP contribution is 2.32. The molecule has 4 nitrogen and oxygen atoms in total. The molecule has 2 N–H and O–H groups in total. The largest absolute Gasteiger partial charge is 0.368 e. The third-order valence-corrected chi connectivity index (χ3v) is 3.85. The van der Waals surface area contributed by atoms with E-state index >= 15 is 0 Å². The molecule has 1 aromatic rings. The number of nitrogens with two attached hydrogens (primary N) is 1. The summed E-state index contributed by atoms with van der Waals surface area (Å²) in [6.45, 7) is 0.818. The van der Waals surface area contributed by atoms with Gasteiger partial charge in [0.2, 0.25) is 5.91 Å². The maximum atomic E-state index is 11.5. The third-order valence-electron chi connectivity index (χ3n) is 3.22. The van der Waals surface area contributed by atoms with Crippen molar-refractivity contribution in [3.8, 4) is 6.07 Å². The molecule has 0 aliphatic carbocycles. The maximum absolute atomic E-state index is 11.5. The van der Waals surface area contributed by atoms with Crippen molar-refractivity contribution in [2.75, 3.05) is 11.4 Å². The first-order valence-electron chi connectivity index (χ1n) is 5.89. The van der Waals surface area contributed by atoms with Crippen LogP contribution in [0.2, 0.25) is 0 Å². The monoisotopic (exact) mass is 307 g/mol. The second kappa shape index (κ2) is 5.40. The fourth-order valence-corrected chi connectivity index (χ4v) is 2.93. The zero-order chi connectivity index (χ0) is 13.1. The quantitative estimate of drug-likeness (QED) is 0.910. The zero-order valence-electron chi connectivity index (χ0n) is 9.90. The fourth-order valence-electron chi connectivity index (χ4n) is 2.33. The molecule has 1 aliphatic heterocycles. The number of halogens is 1. The Balaban J connectivity index is 2.34. The van der Waals surface area contributed by atoms with Crippen molar-refractivity contribution in [2.45, 2.75) is 25.3 Å². The van der Waals surface area contributed by atoms with Crippen molar-refractivity contribution in [3.05, 3.63) is 28.2 Å². The van der Waals surface area contributed by atoms with Gasteiger partial charge in [0, 0.05) is 11.0 Å². The van der Waals surface area contributed by atoms with Crippen LogP contribution >= 0.6 is 15.9 Å². The number of hydrogen-bond acceptors (Lipinski definition) is 3. The first kappa shape index (κ1) is 12.9. The Morgan fingerprint density at radius 2 is 2.28 bits per heavy atom. The number of benzene rings is 1. The lowest BCUT2D eigenvalue weighted by Gasteiger charge is -2.36. The average molecular weight is 308 g/mol. The predicted octanol–water partition coefficient (Wildman–Crippen LogP) is 2.16. The van der Waals surface area contributed by atoms with Crippen LogP contribution in [0.25, 0.3) is 0 Å². The number of nitriles is 1. The predicted molar refractivity (Wildman–Crippen MR) is 73.0 cm³/mol. The molecule has 5 heteroatoms. The van der Waals surface area contributed by atoms with Gasteiger partial charge in [-0.1, -0.05) is 0 Å². The van der Waals surface area contributed by atoms with Gasteiger partial charge in [-0.05, 0) is 53.4 Å². The number of carbonyl (C=O) groups is 1. The van der Waals surface area contributed by atoms with Crippen LogP contribution < -0.4 is 10.6 Å². The van der Waals surface area contributed by atoms with Gasteiger partial charge in [-0.3, -0.25) is 4.79 Å². The molecule has 1 heterocycles. The fraction of sp³-hybridized carbons (Fsp3) is 0.385. The number of rotatable bonds is 2. The summed E-state index contributed by atoms with van der Waals surface area (Å²) in [4.78, 5) is 13.5. The lowest BCUT2D eigenvalue weighted by molar-refractivity contribution is -0.119. The van der Waals surface area contributed by atoms with Crippen LogP contribution in [0, 0.1) is 11.3 Å². The summed E-state index contributed by atoms with van der Waals surface area (Å²) in [5.41, 5.74) is 6.98. The molecule has 0 spiro atoms. The van der Waals surface area contributed by atoms with Crippen molar-refractivity contribution in [1.29, 1.82) is 5.26 Å². The van der Waals surface area contributed by atoms with Crippen LogP contribution in [0.1, 0.15) is 24.8 Å². The Morgan fingerprint density at radius 1 is 1.50 bits per heavy atom. The van der Waals surface area contributed by atoms with Crippen LogP contribution in [0.4, 0.5) is 5.69 Å². The van der Waals surface area contributed by atoms with Crippen LogP contribution in [0.15, 0.2) is 22.7 Å². The number of primary amides is 1. The van der Waals surface area contributed by atoms with Crippen molar-refractivity contribution < 1.29 is 4.79 Å². The molecule has 1 saturated heterocycles. The zero-order valence-corrected chi connectivity index (χ0v) is 11.5.